The fourth-order valence-corrected chi connectivity index (χ4v) is 4.57. The molecule has 1 amide bonds. The molecule has 0 aliphatic carbocycles. The molecule has 6 heteroatoms. The molecule has 0 fully saturated rings. The zero-order valence-electron chi connectivity index (χ0n) is 15.4. The number of nitrogens with zero attached hydrogens (tertiary/aromatic N) is 1. The summed E-state index contributed by atoms with van der Waals surface area (Å²) >= 11 is 0. The van der Waals surface area contributed by atoms with Crippen LogP contribution in [0.15, 0.2) is 83.8 Å². The minimum Gasteiger partial charge on any atom is -0.305 e. The third kappa shape index (κ3) is 3.39. The van der Waals surface area contributed by atoms with Crippen molar-refractivity contribution >= 4 is 27.3 Å². The minimum atomic E-state index is -3.71. The summed E-state index contributed by atoms with van der Waals surface area (Å²) < 4.78 is 27.6. The third-order valence-electron chi connectivity index (χ3n) is 4.86. The summed E-state index contributed by atoms with van der Waals surface area (Å²) in [5.41, 5.74) is 3.02. The zero-order chi connectivity index (χ0) is 19.7. The Morgan fingerprint density at radius 2 is 1.57 bits per heavy atom. The summed E-state index contributed by atoms with van der Waals surface area (Å²) in [6, 6.07) is 22.7. The summed E-state index contributed by atoms with van der Waals surface area (Å²) in [6.45, 7) is 2.01. The molecule has 0 bridgehead atoms. The van der Waals surface area contributed by atoms with Crippen LogP contribution < -0.4 is 9.62 Å². The van der Waals surface area contributed by atoms with Crippen molar-refractivity contribution < 1.29 is 13.2 Å². The SMILES string of the molecule is CC1Cc2ccccc2N1C(=O)c1ccc(S(=O)(=O)Nc2ccccc2)cc1. The Morgan fingerprint density at radius 1 is 0.929 bits per heavy atom. The number of amides is 1. The number of anilines is 2. The van der Waals surface area contributed by atoms with Crippen LogP contribution in [0, 0.1) is 0 Å². The summed E-state index contributed by atoms with van der Waals surface area (Å²) in [4.78, 5) is 14.9. The fraction of sp³-hybridized carbons (Fsp3) is 0.136. The number of carbonyl (C=O) groups excluding carboxylic acids is 1. The van der Waals surface area contributed by atoms with Crippen LogP contribution in [0.5, 0.6) is 0 Å². The van der Waals surface area contributed by atoms with Gasteiger partial charge in [0.1, 0.15) is 0 Å². The molecule has 1 N–H and O–H groups in total. The van der Waals surface area contributed by atoms with Crippen molar-refractivity contribution in [2.75, 3.05) is 9.62 Å². The van der Waals surface area contributed by atoms with Gasteiger partial charge in [-0.3, -0.25) is 9.52 Å². The molecule has 1 heterocycles. The van der Waals surface area contributed by atoms with Crippen molar-refractivity contribution in [2.24, 2.45) is 0 Å². The molecule has 0 spiro atoms. The van der Waals surface area contributed by atoms with Gasteiger partial charge in [-0.05, 0) is 61.4 Å². The first kappa shape index (κ1) is 18.3. The van der Waals surface area contributed by atoms with Gasteiger partial charge >= 0.3 is 0 Å². The molecule has 1 aliphatic rings. The Balaban J connectivity index is 1.57. The van der Waals surface area contributed by atoms with E-state index < -0.39 is 10.0 Å². The number of hydrogen-bond donors (Lipinski definition) is 1. The van der Waals surface area contributed by atoms with Crippen molar-refractivity contribution in [1.82, 2.24) is 0 Å². The molecule has 1 atom stereocenters. The largest absolute Gasteiger partial charge is 0.305 e. The van der Waals surface area contributed by atoms with Crippen LogP contribution >= 0.6 is 0 Å². The van der Waals surface area contributed by atoms with Gasteiger partial charge in [0.25, 0.3) is 15.9 Å². The molecule has 0 aromatic heterocycles. The van der Waals surface area contributed by atoms with Gasteiger partial charge in [0.2, 0.25) is 0 Å². The molecule has 0 saturated heterocycles. The molecule has 5 nitrogen and oxygen atoms in total. The van der Waals surface area contributed by atoms with E-state index in [0.717, 1.165) is 17.7 Å². The molecule has 3 aromatic carbocycles. The maximum atomic E-state index is 13.0. The number of rotatable bonds is 4. The molecular weight excluding hydrogens is 372 g/mol. The van der Waals surface area contributed by atoms with Crippen molar-refractivity contribution in [3.63, 3.8) is 0 Å². The molecule has 3 aromatic rings. The number of hydrogen-bond acceptors (Lipinski definition) is 3. The summed E-state index contributed by atoms with van der Waals surface area (Å²) in [5.74, 6) is -0.127. The monoisotopic (exact) mass is 392 g/mol. The van der Waals surface area contributed by atoms with E-state index in [2.05, 4.69) is 4.72 Å². The van der Waals surface area contributed by atoms with Crippen LogP contribution in [-0.4, -0.2) is 20.4 Å². The summed E-state index contributed by atoms with van der Waals surface area (Å²) in [7, 11) is -3.71. The van der Waals surface area contributed by atoms with Gasteiger partial charge in [0.05, 0.1) is 4.90 Å². The Kier molecular flexibility index (Phi) is 4.65. The lowest BCUT2D eigenvalue weighted by Crippen LogP contribution is -2.35. The molecule has 1 unspecified atom stereocenters. The first-order valence-corrected chi connectivity index (χ1v) is 10.5. The number of sulfonamides is 1. The first-order valence-electron chi connectivity index (χ1n) is 9.05. The lowest BCUT2D eigenvalue weighted by atomic mass is 10.1. The highest BCUT2D eigenvalue weighted by molar-refractivity contribution is 7.92. The van der Waals surface area contributed by atoms with Gasteiger partial charge in [0.15, 0.2) is 0 Å². The smallest absolute Gasteiger partial charge is 0.261 e. The highest BCUT2D eigenvalue weighted by Gasteiger charge is 2.31. The van der Waals surface area contributed by atoms with Crippen molar-refractivity contribution in [3.8, 4) is 0 Å². The van der Waals surface area contributed by atoms with E-state index in [1.165, 1.54) is 12.1 Å². The minimum absolute atomic E-state index is 0.0630. The van der Waals surface area contributed by atoms with Crippen molar-refractivity contribution in [1.29, 1.82) is 0 Å². The Morgan fingerprint density at radius 3 is 2.29 bits per heavy atom. The van der Waals surface area contributed by atoms with Crippen LogP contribution in [0.25, 0.3) is 0 Å². The van der Waals surface area contributed by atoms with Gasteiger partial charge in [-0.2, -0.15) is 0 Å². The van der Waals surface area contributed by atoms with Gasteiger partial charge < -0.3 is 4.90 Å². The van der Waals surface area contributed by atoms with Crippen LogP contribution in [0.3, 0.4) is 0 Å². The second-order valence-corrected chi connectivity index (χ2v) is 8.54. The molecule has 28 heavy (non-hydrogen) atoms. The van der Waals surface area contributed by atoms with Crippen LogP contribution in [-0.2, 0) is 16.4 Å². The van der Waals surface area contributed by atoms with Crippen LogP contribution in [0.2, 0.25) is 0 Å². The molecule has 0 radical (unpaired) electrons. The Hall–Kier alpha value is -3.12. The normalized spacial score (nSPS) is 15.9. The third-order valence-corrected chi connectivity index (χ3v) is 6.26. The Labute approximate surface area is 164 Å². The van der Waals surface area contributed by atoms with Gasteiger partial charge in [-0.15, -0.1) is 0 Å². The maximum absolute atomic E-state index is 13.0. The maximum Gasteiger partial charge on any atom is 0.261 e. The van der Waals surface area contributed by atoms with E-state index in [9.17, 15) is 13.2 Å². The molecular formula is C22H20N2O3S. The van der Waals surface area contributed by atoms with E-state index >= 15 is 0 Å². The van der Waals surface area contributed by atoms with E-state index in [4.69, 9.17) is 0 Å². The quantitative estimate of drug-likeness (QED) is 0.728. The van der Waals surface area contributed by atoms with E-state index in [1.807, 2.05) is 37.3 Å². The molecule has 1 aliphatic heterocycles. The Bertz CT molecular complexity index is 1110. The summed E-state index contributed by atoms with van der Waals surface area (Å²) in [5, 5.41) is 0. The van der Waals surface area contributed by atoms with Gasteiger partial charge in [-0.1, -0.05) is 36.4 Å². The fourth-order valence-electron chi connectivity index (χ4n) is 3.51. The number of nitrogens with one attached hydrogen (secondary N) is 1. The molecule has 4 rings (SSSR count). The van der Waals surface area contributed by atoms with E-state index in [0.29, 0.717) is 11.3 Å². The van der Waals surface area contributed by atoms with E-state index in [1.54, 1.807) is 41.3 Å². The topological polar surface area (TPSA) is 66.5 Å². The molecule has 0 saturated carbocycles. The first-order chi connectivity index (χ1) is 13.5. The highest BCUT2D eigenvalue weighted by atomic mass is 32.2. The zero-order valence-corrected chi connectivity index (χ0v) is 16.2. The van der Waals surface area contributed by atoms with Crippen LogP contribution in [0.4, 0.5) is 11.4 Å². The number of fused-ring (bicyclic) bond motifs is 1. The lowest BCUT2D eigenvalue weighted by molar-refractivity contribution is 0.0981. The standard InChI is InChI=1S/C22H20N2O3S/c1-16-15-18-7-5-6-10-21(18)24(16)22(25)17-11-13-20(14-12-17)28(26,27)23-19-8-3-2-4-9-19/h2-14,16,23H,15H2,1H3. The number of carbonyl (C=O) groups is 1. The van der Waals surface area contributed by atoms with Crippen LogP contribution in [0.1, 0.15) is 22.8 Å². The number of para-hydroxylation sites is 2. The van der Waals surface area contributed by atoms with Crippen molar-refractivity contribution in [3.05, 3.63) is 90.0 Å². The second kappa shape index (κ2) is 7.13. The lowest BCUT2D eigenvalue weighted by Gasteiger charge is -2.23. The average Bonchev–Trinajstić information content (AvgIpc) is 3.03. The highest BCUT2D eigenvalue weighted by Crippen LogP contribution is 2.33. The van der Waals surface area contributed by atoms with Crippen molar-refractivity contribution in [2.45, 2.75) is 24.3 Å². The average molecular weight is 392 g/mol. The van der Waals surface area contributed by atoms with Gasteiger partial charge in [-0.25, -0.2) is 8.42 Å². The van der Waals surface area contributed by atoms with E-state index in [-0.39, 0.29) is 16.8 Å². The predicted octanol–water partition coefficient (Wildman–Crippen LogP) is 4.08. The predicted molar refractivity (Wildman–Crippen MR) is 110 cm³/mol. The van der Waals surface area contributed by atoms with Gasteiger partial charge in [0, 0.05) is 23.0 Å². The molecule has 142 valence electrons. The number of benzene rings is 3. The summed E-state index contributed by atoms with van der Waals surface area (Å²) in [6.07, 6.45) is 0.815. The second-order valence-electron chi connectivity index (χ2n) is 6.85.